The zero-order valence-corrected chi connectivity index (χ0v) is 21.1. The molecular weight excluding hydrogens is 444 g/mol. The van der Waals surface area contributed by atoms with Gasteiger partial charge < -0.3 is 23.9 Å². The number of nitrogens with zero attached hydrogens (tertiary/aromatic N) is 3. The van der Waals surface area contributed by atoms with Gasteiger partial charge in [0, 0.05) is 51.1 Å². The van der Waals surface area contributed by atoms with Crippen LogP contribution in [0.5, 0.6) is 0 Å². The van der Waals surface area contributed by atoms with Gasteiger partial charge in [0.1, 0.15) is 17.7 Å². The van der Waals surface area contributed by atoms with E-state index in [2.05, 4.69) is 43.2 Å². The number of carbonyl (C=O) groups is 2. The average Bonchev–Trinajstić information content (AvgIpc) is 3.58. The molecule has 2 amide bonds. The van der Waals surface area contributed by atoms with Crippen molar-refractivity contribution in [3.05, 3.63) is 65.9 Å². The number of nitrogens with one attached hydrogen (secondary N) is 1. The number of rotatable bonds is 7. The van der Waals surface area contributed by atoms with Crippen LogP contribution in [0.15, 0.2) is 53.2 Å². The summed E-state index contributed by atoms with van der Waals surface area (Å²) in [6.45, 7) is 7.39. The Morgan fingerprint density at radius 2 is 1.91 bits per heavy atom. The molecule has 1 aliphatic heterocycles. The first-order valence-electron chi connectivity index (χ1n) is 12.0. The summed E-state index contributed by atoms with van der Waals surface area (Å²) in [7, 11) is 3.49. The highest BCUT2D eigenvalue weighted by Crippen LogP contribution is 2.34. The van der Waals surface area contributed by atoms with E-state index >= 15 is 0 Å². The first-order chi connectivity index (χ1) is 16.7. The van der Waals surface area contributed by atoms with Crippen LogP contribution in [0.3, 0.4) is 0 Å². The van der Waals surface area contributed by atoms with E-state index in [0.29, 0.717) is 18.9 Å². The molecule has 1 saturated heterocycles. The number of amides is 2. The van der Waals surface area contributed by atoms with Crippen molar-refractivity contribution in [2.24, 2.45) is 13.0 Å². The van der Waals surface area contributed by atoms with Crippen LogP contribution in [-0.4, -0.2) is 53.0 Å². The number of hydrogen-bond donors (Lipinski definition) is 1. The topological polar surface area (TPSA) is 89.6 Å². The summed E-state index contributed by atoms with van der Waals surface area (Å²) >= 11 is 0. The maximum Gasteiger partial charge on any atom is 0.290 e. The summed E-state index contributed by atoms with van der Waals surface area (Å²) in [5.41, 5.74) is 2.18. The van der Waals surface area contributed by atoms with Gasteiger partial charge >= 0.3 is 0 Å². The van der Waals surface area contributed by atoms with Gasteiger partial charge in [-0.05, 0) is 29.5 Å². The van der Waals surface area contributed by atoms with Crippen LogP contribution in [0.1, 0.15) is 55.2 Å². The molecule has 2 atom stereocenters. The Morgan fingerprint density at radius 1 is 1.17 bits per heavy atom. The van der Waals surface area contributed by atoms with Crippen LogP contribution in [0, 0.1) is 5.92 Å². The fourth-order valence-electron chi connectivity index (χ4n) is 4.41. The normalized spacial score (nSPS) is 18.0. The number of aryl methyl sites for hydroxylation is 1. The molecule has 1 fully saturated rings. The van der Waals surface area contributed by atoms with Gasteiger partial charge in [-0.15, -0.1) is 0 Å². The highest BCUT2D eigenvalue weighted by atomic mass is 16.5. The first kappa shape index (κ1) is 24.7. The summed E-state index contributed by atoms with van der Waals surface area (Å²) < 4.78 is 13.9. The lowest BCUT2D eigenvalue weighted by Gasteiger charge is -2.26. The number of benzene rings is 1. The third kappa shape index (κ3) is 5.48. The van der Waals surface area contributed by atoms with Gasteiger partial charge in [-0.3, -0.25) is 9.59 Å². The Morgan fingerprint density at radius 3 is 2.54 bits per heavy atom. The number of ether oxygens (including phenoxy) is 1. The van der Waals surface area contributed by atoms with Gasteiger partial charge in [0.25, 0.3) is 5.91 Å². The maximum atomic E-state index is 13.5. The van der Waals surface area contributed by atoms with E-state index in [4.69, 9.17) is 9.15 Å². The monoisotopic (exact) mass is 478 g/mol. The number of carbonyl (C=O) groups excluding carboxylic acids is 2. The summed E-state index contributed by atoms with van der Waals surface area (Å²) in [4.78, 5) is 31.7. The third-order valence-corrected chi connectivity index (χ3v) is 6.53. The first-order valence-corrected chi connectivity index (χ1v) is 12.0. The van der Waals surface area contributed by atoms with Crippen molar-refractivity contribution < 1.29 is 18.7 Å². The molecule has 4 rings (SSSR count). The molecule has 3 heterocycles. The summed E-state index contributed by atoms with van der Waals surface area (Å²) in [6.07, 6.45) is 4.15. The van der Waals surface area contributed by atoms with Crippen molar-refractivity contribution in [1.29, 1.82) is 0 Å². The lowest BCUT2D eigenvalue weighted by Crippen LogP contribution is -2.42. The van der Waals surface area contributed by atoms with Crippen LogP contribution in [0.25, 0.3) is 11.3 Å². The molecule has 186 valence electrons. The Bertz CT molecular complexity index is 1170. The predicted octanol–water partition coefficient (Wildman–Crippen LogP) is 3.94. The largest absolute Gasteiger partial charge is 0.451 e. The molecule has 8 heteroatoms. The number of furan rings is 1. The highest BCUT2D eigenvalue weighted by Gasteiger charge is 2.35. The SMILES string of the molecule is CNC(=O)CN(C[C@@H]1CCO[C@H]1c1nccn1C)C(=O)c1ccc(-c2ccc(C(C)(C)C)cc2)o1. The second kappa shape index (κ2) is 10.1. The summed E-state index contributed by atoms with van der Waals surface area (Å²) in [5.74, 6) is 1.09. The van der Waals surface area contributed by atoms with Gasteiger partial charge in [-0.25, -0.2) is 4.98 Å². The average molecular weight is 479 g/mol. The molecule has 1 aliphatic rings. The molecule has 0 bridgehead atoms. The number of hydrogen-bond acceptors (Lipinski definition) is 5. The van der Waals surface area contributed by atoms with E-state index in [1.54, 1.807) is 30.3 Å². The summed E-state index contributed by atoms with van der Waals surface area (Å²) in [5, 5.41) is 2.61. The van der Waals surface area contributed by atoms with Crippen molar-refractivity contribution in [3.8, 4) is 11.3 Å². The molecule has 1 aromatic carbocycles. The van der Waals surface area contributed by atoms with E-state index in [0.717, 1.165) is 17.8 Å². The molecule has 8 nitrogen and oxygen atoms in total. The molecule has 3 aromatic rings. The molecule has 0 unspecified atom stereocenters. The second-order valence-corrected chi connectivity index (χ2v) is 10.1. The van der Waals surface area contributed by atoms with Crippen molar-refractivity contribution >= 4 is 11.8 Å². The Labute approximate surface area is 206 Å². The zero-order chi connectivity index (χ0) is 25.2. The molecule has 0 aliphatic carbocycles. The van der Waals surface area contributed by atoms with Crippen LogP contribution in [0.4, 0.5) is 0 Å². The van der Waals surface area contributed by atoms with Gasteiger partial charge in [0.2, 0.25) is 5.91 Å². The van der Waals surface area contributed by atoms with Gasteiger partial charge in [0.05, 0.1) is 6.54 Å². The maximum absolute atomic E-state index is 13.5. The molecule has 1 N–H and O–H groups in total. The molecule has 0 saturated carbocycles. The van der Waals surface area contributed by atoms with Crippen LogP contribution >= 0.6 is 0 Å². The lowest BCUT2D eigenvalue weighted by atomic mass is 9.86. The number of imidazole rings is 1. The molecule has 35 heavy (non-hydrogen) atoms. The van der Waals surface area contributed by atoms with Crippen molar-refractivity contribution in [1.82, 2.24) is 19.8 Å². The highest BCUT2D eigenvalue weighted by molar-refractivity contribution is 5.94. The van der Waals surface area contributed by atoms with E-state index in [9.17, 15) is 9.59 Å². The minimum absolute atomic E-state index is 0.0177. The minimum Gasteiger partial charge on any atom is -0.451 e. The third-order valence-electron chi connectivity index (χ3n) is 6.53. The van der Waals surface area contributed by atoms with Crippen LogP contribution in [0.2, 0.25) is 0 Å². The molecule has 0 radical (unpaired) electrons. The van der Waals surface area contributed by atoms with Gasteiger partial charge in [-0.1, -0.05) is 45.0 Å². The van der Waals surface area contributed by atoms with Crippen molar-refractivity contribution in [3.63, 3.8) is 0 Å². The Hall–Kier alpha value is -3.39. The zero-order valence-electron chi connectivity index (χ0n) is 21.1. The second-order valence-electron chi connectivity index (χ2n) is 10.1. The van der Waals surface area contributed by atoms with Crippen molar-refractivity contribution in [2.45, 2.75) is 38.7 Å². The fourth-order valence-corrected chi connectivity index (χ4v) is 4.41. The standard InChI is InChI=1S/C27H34N4O4/c1-27(2,3)20-8-6-18(7-9-20)21-10-11-22(35-21)26(33)31(17-23(32)28-4)16-19-12-15-34-24(19)25-29-13-14-30(25)5/h6-11,13-14,19,24H,12,15-17H2,1-5H3,(H,28,32)/t19-,24+/m0/s1. The quantitative estimate of drug-likeness (QED) is 0.556. The van der Waals surface area contributed by atoms with E-state index < -0.39 is 0 Å². The van der Waals surface area contributed by atoms with E-state index in [1.165, 1.54) is 5.56 Å². The van der Waals surface area contributed by atoms with E-state index in [-0.39, 0.29) is 41.6 Å². The van der Waals surface area contributed by atoms with Gasteiger partial charge in [-0.2, -0.15) is 0 Å². The molecular formula is C27H34N4O4. The minimum atomic E-state index is -0.323. The summed E-state index contributed by atoms with van der Waals surface area (Å²) in [6, 6.07) is 11.6. The Balaban J connectivity index is 1.54. The number of aromatic nitrogens is 2. The molecule has 0 spiro atoms. The van der Waals surface area contributed by atoms with Gasteiger partial charge in [0.15, 0.2) is 5.76 Å². The Kier molecular flexibility index (Phi) is 7.12. The fraction of sp³-hybridized carbons (Fsp3) is 0.444. The van der Waals surface area contributed by atoms with Crippen LogP contribution in [-0.2, 0) is 22.0 Å². The lowest BCUT2D eigenvalue weighted by molar-refractivity contribution is -0.121. The smallest absolute Gasteiger partial charge is 0.290 e. The van der Waals surface area contributed by atoms with E-state index in [1.807, 2.05) is 29.9 Å². The van der Waals surface area contributed by atoms with Crippen molar-refractivity contribution in [2.75, 3.05) is 26.7 Å². The van der Waals surface area contributed by atoms with Crippen LogP contribution < -0.4 is 5.32 Å². The molecule has 2 aromatic heterocycles. The predicted molar refractivity (Wildman–Crippen MR) is 133 cm³/mol. The number of likely N-dealkylation sites (N-methyl/N-ethyl adjacent to an activating group) is 1.